The fraction of sp³-hybridized carbons (Fsp3) is 0.154. The topological polar surface area (TPSA) is 50.9 Å². The van der Waals surface area contributed by atoms with Crippen LogP contribution in [-0.4, -0.2) is 4.98 Å². The van der Waals surface area contributed by atoms with Crippen LogP contribution in [0.1, 0.15) is 17.3 Å². The summed E-state index contributed by atoms with van der Waals surface area (Å²) in [6.45, 7) is 0. The minimum Gasteiger partial charge on any atom is -0.271 e. The molecular weight excluding hydrogens is 352 g/mol. The summed E-state index contributed by atoms with van der Waals surface area (Å²) >= 11 is 9.05. The van der Waals surface area contributed by atoms with Crippen molar-refractivity contribution in [1.29, 1.82) is 0 Å². The number of hydrogen-bond donors (Lipinski definition) is 2. The Morgan fingerprint density at radius 1 is 1.35 bits per heavy atom. The fourth-order valence-electron chi connectivity index (χ4n) is 1.85. The largest absolute Gasteiger partial charge is 0.271 e. The van der Waals surface area contributed by atoms with Crippen molar-refractivity contribution in [2.24, 2.45) is 5.84 Å². The van der Waals surface area contributed by atoms with E-state index >= 15 is 0 Å². The van der Waals surface area contributed by atoms with E-state index in [1.165, 1.54) is 12.1 Å². The first-order chi connectivity index (χ1) is 9.54. The molecule has 1 heterocycles. The molecule has 3 nitrogen and oxygen atoms in total. The molecule has 0 radical (unpaired) electrons. The van der Waals surface area contributed by atoms with E-state index in [4.69, 9.17) is 17.4 Å². The van der Waals surface area contributed by atoms with Gasteiger partial charge in [0.25, 0.3) is 0 Å². The van der Waals surface area contributed by atoms with Crippen LogP contribution in [0.25, 0.3) is 0 Å². The van der Waals surface area contributed by atoms with Gasteiger partial charge < -0.3 is 0 Å². The molecule has 1 atom stereocenters. The lowest BCUT2D eigenvalue weighted by Gasteiger charge is -2.17. The summed E-state index contributed by atoms with van der Waals surface area (Å²) in [7, 11) is 0. The van der Waals surface area contributed by atoms with Crippen molar-refractivity contribution in [3.8, 4) is 0 Å². The van der Waals surface area contributed by atoms with E-state index in [0.29, 0.717) is 10.7 Å². The third-order valence-corrected chi connectivity index (χ3v) is 3.80. The first kappa shape index (κ1) is 15.3. The molecule has 1 aromatic heterocycles. The molecule has 7 heteroatoms. The highest BCUT2D eigenvalue weighted by Crippen LogP contribution is 2.28. The highest BCUT2D eigenvalue weighted by atomic mass is 79.9. The molecule has 1 aromatic carbocycles. The Labute approximate surface area is 128 Å². The van der Waals surface area contributed by atoms with Crippen molar-refractivity contribution in [3.05, 3.63) is 62.8 Å². The first-order valence-electron chi connectivity index (χ1n) is 5.73. The standard InChI is InChI=1S/C13H11BrClF2N3/c14-8-3-4-10(16)7(12(8)17)6-11(20-18)13-9(15)2-1-5-19-13/h1-5,11,20H,6,18H2. The summed E-state index contributed by atoms with van der Waals surface area (Å²) in [5, 5.41) is 0.381. The van der Waals surface area contributed by atoms with Crippen LogP contribution in [0.3, 0.4) is 0 Å². The number of nitrogens with one attached hydrogen (secondary N) is 1. The SMILES string of the molecule is NNC(Cc1c(F)ccc(Br)c1F)c1ncccc1Cl. The Morgan fingerprint density at radius 2 is 2.10 bits per heavy atom. The molecule has 0 aliphatic carbocycles. The van der Waals surface area contributed by atoms with Crippen LogP contribution in [0.15, 0.2) is 34.9 Å². The van der Waals surface area contributed by atoms with Crippen LogP contribution in [0.2, 0.25) is 5.02 Å². The lowest BCUT2D eigenvalue weighted by Crippen LogP contribution is -2.31. The van der Waals surface area contributed by atoms with Gasteiger partial charge in [0.2, 0.25) is 0 Å². The number of rotatable bonds is 4. The monoisotopic (exact) mass is 361 g/mol. The number of halogens is 4. The van der Waals surface area contributed by atoms with Gasteiger partial charge in [0, 0.05) is 18.2 Å². The Bertz CT molecular complexity index is 625. The Morgan fingerprint density at radius 3 is 2.75 bits per heavy atom. The zero-order valence-corrected chi connectivity index (χ0v) is 12.5. The van der Waals surface area contributed by atoms with Gasteiger partial charge >= 0.3 is 0 Å². The van der Waals surface area contributed by atoms with Gasteiger partial charge in [-0.25, -0.2) is 8.78 Å². The molecule has 0 aliphatic rings. The van der Waals surface area contributed by atoms with Crippen molar-refractivity contribution in [2.45, 2.75) is 12.5 Å². The molecule has 2 rings (SSSR count). The Balaban J connectivity index is 2.37. The number of nitrogens with two attached hydrogens (primary N) is 1. The van der Waals surface area contributed by atoms with E-state index in [2.05, 4.69) is 26.3 Å². The maximum atomic E-state index is 14.0. The van der Waals surface area contributed by atoms with E-state index in [9.17, 15) is 8.78 Å². The molecule has 0 fully saturated rings. The van der Waals surface area contributed by atoms with Crippen LogP contribution in [-0.2, 0) is 6.42 Å². The van der Waals surface area contributed by atoms with Crippen LogP contribution in [0.4, 0.5) is 8.78 Å². The number of benzene rings is 1. The second kappa shape index (κ2) is 6.58. The molecule has 20 heavy (non-hydrogen) atoms. The number of aromatic nitrogens is 1. The average Bonchev–Trinajstić information content (AvgIpc) is 2.45. The first-order valence-corrected chi connectivity index (χ1v) is 6.90. The van der Waals surface area contributed by atoms with Crippen LogP contribution >= 0.6 is 27.5 Å². The third-order valence-electron chi connectivity index (χ3n) is 2.87. The number of nitrogens with zero attached hydrogens (tertiary/aromatic N) is 1. The second-order valence-electron chi connectivity index (χ2n) is 4.12. The summed E-state index contributed by atoms with van der Waals surface area (Å²) in [6.07, 6.45) is 1.53. The molecule has 1 unspecified atom stereocenters. The van der Waals surface area contributed by atoms with Gasteiger partial charge in [0.15, 0.2) is 0 Å². The van der Waals surface area contributed by atoms with Gasteiger partial charge in [0.05, 0.1) is 21.2 Å². The molecule has 0 saturated heterocycles. The number of hydrazine groups is 1. The molecule has 106 valence electrons. The molecule has 0 spiro atoms. The van der Waals surface area contributed by atoms with Gasteiger partial charge in [-0.2, -0.15) is 0 Å². The van der Waals surface area contributed by atoms with Crippen LogP contribution in [0, 0.1) is 11.6 Å². The molecule has 2 aromatic rings. The summed E-state index contributed by atoms with van der Waals surface area (Å²) in [5.74, 6) is 4.16. The lowest BCUT2D eigenvalue weighted by atomic mass is 10.0. The summed E-state index contributed by atoms with van der Waals surface area (Å²) in [5.41, 5.74) is 2.85. The molecule has 0 saturated carbocycles. The fourth-order valence-corrected chi connectivity index (χ4v) is 2.47. The number of pyridine rings is 1. The molecule has 0 amide bonds. The van der Waals surface area contributed by atoms with E-state index < -0.39 is 17.7 Å². The van der Waals surface area contributed by atoms with Gasteiger partial charge in [-0.05, 0) is 40.2 Å². The van der Waals surface area contributed by atoms with Crippen molar-refractivity contribution in [1.82, 2.24) is 10.4 Å². The van der Waals surface area contributed by atoms with E-state index in [0.717, 1.165) is 0 Å². The van der Waals surface area contributed by atoms with E-state index in [1.54, 1.807) is 18.3 Å². The number of hydrogen-bond acceptors (Lipinski definition) is 3. The third kappa shape index (κ3) is 3.15. The Hall–Kier alpha value is -1.08. The van der Waals surface area contributed by atoms with Gasteiger partial charge in [-0.3, -0.25) is 16.3 Å². The predicted octanol–water partition coefficient (Wildman–Crippen LogP) is 3.52. The minimum absolute atomic E-state index is 0.00958. The Kier molecular flexibility index (Phi) is 5.04. The highest BCUT2D eigenvalue weighted by Gasteiger charge is 2.20. The maximum absolute atomic E-state index is 14.0. The zero-order valence-electron chi connectivity index (χ0n) is 10.2. The maximum Gasteiger partial charge on any atom is 0.143 e. The van der Waals surface area contributed by atoms with Crippen molar-refractivity contribution in [2.75, 3.05) is 0 Å². The quantitative estimate of drug-likeness (QED) is 0.497. The summed E-state index contributed by atoms with van der Waals surface area (Å²) in [4.78, 5) is 4.10. The van der Waals surface area contributed by atoms with Crippen LogP contribution in [0.5, 0.6) is 0 Å². The normalized spacial score (nSPS) is 12.4. The van der Waals surface area contributed by atoms with Crippen molar-refractivity contribution in [3.63, 3.8) is 0 Å². The lowest BCUT2D eigenvalue weighted by molar-refractivity contribution is 0.491. The molecule has 0 bridgehead atoms. The van der Waals surface area contributed by atoms with Gasteiger partial charge in [0.1, 0.15) is 11.6 Å². The van der Waals surface area contributed by atoms with Gasteiger partial charge in [-0.15, -0.1) is 0 Å². The smallest absolute Gasteiger partial charge is 0.143 e. The van der Waals surface area contributed by atoms with Crippen molar-refractivity contribution < 1.29 is 8.78 Å². The predicted molar refractivity (Wildman–Crippen MR) is 77.1 cm³/mol. The molecular formula is C13H11BrClF2N3. The highest BCUT2D eigenvalue weighted by molar-refractivity contribution is 9.10. The summed E-state index contributed by atoms with van der Waals surface area (Å²) < 4.78 is 27.9. The average molecular weight is 363 g/mol. The molecule has 0 aliphatic heterocycles. The molecule has 3 N–H and O–H groups in total. The minimum atomic E-state index is -0.655. The second-order valence-corrected chi connectivity index (χ2v) is 5.38. The van der Waals surface area contributed by atoms with Crippen LogP contribution < -0.4 is 11.3 Å². The zero-order chi connectivity index (χ0) is 14.7. The van der Waals surface area contributed by atoms with E-state index in [1.807, 2.05) is 0 Å². The van der Waals surface area contributed by atoms with Gasteiger partial charge in [-0.1, -0.05) is 11.6 Å². The van der Waals surface area contributed by atoms with Crippen molar-refractivity contribution >= 4 is 27.5 Å². The van der Waals surface area contributed by atoms with E-state index in [-0.39, 0.29) is 16.5 Å². The summed E-state index contributed by atoms with van der Waals surface area (Å²) in [6, 6.07) is 5.21.